The molecule has 1 N–H and O–H groups in total. The molecule has 25 heavy (non-hydrogen) atoms. The van der Waals surface area contributed by atoms with Gasteiger partial charge in [0.2, 0.25) is 5.91 Å². The highest BCUT2D eigenvalue weighted by Gasteiger charge is 2.53. The Bertz CT molecular complexity index is 661. The third-order valence-corrected chi connectivity index (χ3v) is 4.59. The molecule has 0 spiro atoms. The number of barbiturate groups is 1. The minimum atomic E-state index is -1.42. The van der Waals surface area contributed by atoms with E-state index in [1.54, 1.807) is 37.3 Å². The summed E-state index contributed by atoms with van der Waals surface area (Å²) in [5, 5.41) is 2.29. The SMILES string of the molecule is CCC1(c2ccccc2)C(=O)NC(=O)N(CCCC(C=O)OC)C1=O. The molecule has 1 heterocycles. The first-order valence-electron chi connectivity index (χ1n) is 8.22. The normalized spacial score (nSPS) is 21.8. The minimum Gasteiger partial charge on any atom is -0.374 e. The summed E-state index contributed by atoms with van der Waals surface area (Å²) in [4.78, 5) is 49.6. The van der Waals surface area contributed by atoms with Crippen molar-refractivity contribution in [3.63, 3.8) is 0 Å². The average Bonchev–Trinajstić information content (AvgIpc) is 2.63. The molecular weight excluding hydrogens is 324 g/mol. The molecule has 0 radical (unpaired) electrons. The van der Waals surface area contributed by atoms with E-state index in [4.69, 9.17) is 4.74 Å². The summed E-state index contributed by atoms with van der Waals surface area (Å²) in [7, 11) is 1.42. The van der Waals surface area contributed by atoms with Crippen molar-refractivity contribution in [1.29, 1.82) is 0 Å². The Morgan fingerprint density at radius 1 is 1.24 bits per heavy atom. The van der Waals surface area contributed by atoms with E-state index < -0.39 is 29.4 Å². The van der Waals surface area contributed by atoms with Gasteiger partial charge in [-0.3, -0.25) is 19.8 Å². The number of nitrogens with one attached hydrogen (secondary N) is 1. The quantitative estimate of drug-likeness (QED) is 0.567. The van der Waals surface area contributed by atoms with Crippen LogP contribution in [0.25, 0.3) is 0 Å². The summed E-state index contributed by atoms with van der Waals surface area (Å²) in [6.45, 7) is 1.85. The van der Waals surface area contributed by atoms with Crippen LogP contribution in [-0.2, 0) is 24.5 Å². The fourth-order valence-electron chi connectivity index (χ4n) is 3.08. The molecule has 0 bridgehead atoms. The maximum absolute atomic E-state index is 13.1. The molecule has 1 fully saturated rings. The van der Waals surface area contributed by atoms with Gasteiger partial charge in [-0.1, -0.05) is 37.3 Å². The van der Waals surface area contributed by atoms with Crippen LogP contribution >= 0.6 is 0 Å². The number of hydrogen-bond acceptors (Lipinski definition) is 5. The smallest absolute Gasteiger partial charge is 0.330 e. The molecule has 7 heteroatoms. The first-order chi connectivity index (χ1) is 12.0. The van der Waals surface area contributed by atoms with E-state index in [1.165, 1.54) is 7.11 Å². The van der Waals surface area contributed by atoms with Crippen molar-refractivity contribution in [3.8, 4) is 0 Å². The molecule has 0 saturated carbocycles. The number of hydrogen-bond donors (Lipinski definition) is 1. The zero-order chi connectivity index (χ0) is 18.4. The Morgan fingerprint density at radius 3 is 2.48 bits per heavy atom. The second kappa shape index (κ2) is 8.02. The third-order valence-electron chi connectivity index (χ3n) is 4.59. The fraction of sp³-hybridized carbons (Fsp3) is 0.444. The van der Waals surface area contributed by atoms with Crippen LogP contribution in [0, 0.1) is 0 Å². The molecule has 1 aliphatic rings. The van der Waals surface area contributed by atoms with Gasteiger partial charge in [-0.05, 0) is 24.8 Å². The predicted octanol–water partition coefficient (Wildman–Crippen LogP) is 1.41. The number of carbonyl (C=O) groups is 4. The largest absolute Gasteiger partial charge is 0.374 e. The number of rotatable bonds is 8. The Labute approximate surface area is 146 Å². The van der Waals surface area contributed by atoms with Gasteiger partial charge in [-0.25, -0.2) is 4.79 Å². The molecule has 2 atom stereocenters. The number of benzene rings is 1. The Balaban J connectivity index is 2.25. The van der Waals surface area contributed by atoms with Gasteiger partial charge >= 0.3 is 6.03 Å². The Morgan fingerprint density at radius 2 is 1.92 bits per heavy atom. The van der Waals surface area contributed by atoms with Crippen molar-refractivity contribution < 1.29 is 23.9 Å². The summed E-state index contributed by atoms with van der Waals surface area (Å²) in [6, 6.07) is 7.99. The van der Waals surface area contributed by atoms with Crippen molar-refractivity contribution in [2.75, 3.05) is 13.7 Å². The molecule has 4 amide bonds. The summed E-state index contributed by atoms with van der Waals surface area (Å²) >= 11 is 0. The van der Waals surface area contributed by atoms with Gasteiger partial charge < -0.3 is 9.53 Å². The van der Waals surface area contributed by atoms with Crippen LogP contribution < -0.4 is 5.32 Å². The van der Waals surface area contributed by atoms with E-state index in [9.17, 15) is 19.2 Å². The molecular formula is C18H22N2O5. The van der Waals surface area contributed by atoms with Crippen LogP contribution in [0.15, 0.2) is 30.3 Å². The second-order valence-electron chi connectivity index (χ2n) is 5.89. The van der Waals surface area contributed by atoms with E-state index in [2.05, 4.69) is 5.32 Å². The lowest BCUT2D eigenvalue weighted by Crippen LogP contribution is -2.65. The van der Waals surface area contributed by atoms with Crippen LogP contribution in [0.4, 0.5) is 4.79 Å². The fourth-order valence-corrected chi connectivity index (χ4v) is 3.08. The van der Waals surface area contributed by atoms with Gasteiger partial charge in [-0.15, -0.1) is 0 Å². The zero-order valence-electron chi connectivity index (χ0n) is 14.4. The van der Waals surface area contributed by atoms with Gasteiger partial charge in [0, 0.05) is 13.7 Å². The van der Waals surface area contributed by atoms with Crippen LogP contribution in [-0.4, -0.2) is 48.8 Å². The molecule has 1 aromatic carbocycles. The number of nitrogens with zero attached hydrogens (tertiary/aromatic N) is 1. The lowest BCUT2D eigenvalue weighted by molar-refractivity contribution is -0.145. The first-order valence-corrected chi connectivity index (χ1v) is 8.22. The first kappa shape index (κ1) is 18.8. The van der Waals surface area contributed by atoms with Gasteiger partial charge in [0.1, 0.15) is 12.4 Å². The number of aldehydes is 1. The van der Waals surface area contributed by atoms with Gasteiger partial charge in [0.05, 0.1) is 0 Å². The van der Waals surface area contributed by atoms with Gasteiger partial charge in [0.15, 0.2) is 5.41 Å². The van der Waals surface area contributed by atoms with Crippen LogP contribution in [0.3, 0.4) is 0 Å². The van der Waals surface area contributed by atoms with E-state index in [-0.39, 0.29) is 13.0 Å². The molecule has 134 valence electrons. The molecule has 1 aliphatic heterocycles. The number of methoxy groups -OCH3 is 1. The highest BCUT2D eigenvalue weighted by atomic mass is 16.5. The third kappa shape index (κ3) is 3.46. The lowest BCUT2D eigenvalue weighted by atomic mass is 9.74. The lowest BCUT2D eigenvalue weighted by Gasteiger charge is -2.39. The van der Waals surface area contributed by atoms with Crippen molar-refractivity contribution >= 4 is 24.1 Å². The number of amides is 4. The standard InChI is InChI=1S/C18H22N2O5/c1-3-18(13-8-5-4-6-9-13)15(22)19-17(24)20(16(18)23)11-7-10-14(12-21)25-2/h4-6,8-9,12,14H,3,7,10-11H2,1-2H3,(H,19,22,24). The molecule has 2 rings (SSSR count). The Kier molecular flexibility index (Phi) is 6.03. The molecule has 0 aliphatic carbocycles. The van der Waals surface area contributed by atoms with E-state index >= 15 is 0 Å². The summed E-state index contributed by atoms with van der Waals surface area (Å²) in [6.07, 6.45) is 1.13. The van der Waals surface area contributed by atoms with Crippen molar-refractivity contribution in [2.45, 2.75) is 37.7 Å². The van der Waals surface area contributed by atoms with Crippen LogP contribution in [0.5, 0.6) is 0 Å². The summed E-state index contributed by atoms with van der Waals surface area (Å²) < 4.78 is 4.96. The number of ether oxygens (including phenoxy) is 1. The van der Waals surface area contributed by atoms with Gasteiger partial charge in [-0.2, -0.15) is 0 Å². The maximum atomic E-state index is 13.1. The topological polar surface area (TPSA) is 92.8 Å². The number of imide groups is 2. The van der Waals surface area contributed by atoms with Crippen LogP contribution in [0.1, 0.15) is 31.7 Å². The molecule has 1 aromatic rings. The summed E-state index contributed by atoms with van der Waals surface area (Å²) in [5.74, 6) is -1.13. The number of carbonyl (C=O) groups excluding carboxylic acids is 4. The Hall–Kier alpha value is -2.54. The van der Waals surface area contributed by atoms with E-state index in [1.807, 2.05) is 0 Å². The monoisotopic (exact) mass is 346 g/mol. The minimum absolute atomic E-state index is 0.111. The van der Waals surface area contributed by atoms with Gasteiger partial charge in [0.25, 0.3) is 5.91 Å². The second-order valence-corrected chi connectivity index (χ2v) is 5.89. The van der Waals surface area contributed by atoms with Crippen LogP contribution in [0.2, 0.25) is 0 Å². The maximum Gasteiger partial charge on any atom is 0.330 e. The van der Waals surface area contributed by atoms with Crippen molar-refractivity contribution in [3.05, 3.63) is 35.9 Å². The van der Waals surface area contributed by atoms with E-state index in [0.29, 0.717) is 24.7 Å². The molecule has 2 unspecified atom stereocenters. The summed E-state index contributed by atoms with van der Waals surface area (Å²) in [5.41, 5.74) is -0.860. The predicted molar refractivity (Wildman–Crippen MR) is 89.8 cm³/mol. The zero-order valence-corrected chi connectivity index (χ0v) is 14.4. The molecule has 1 saturated heterocycles. The highest BCUT2D eigenvalue weighted by molar-refractivity contribution is 6.22. The molecule has 7 nitrogen and oxygen atoms in total. The molecule has 0 aromatic heterocycles. The highest BCUT2D eigenvalue weighted by Crippen LogP contribution is 2.33. The van der Waals surface area contributed by atoms with Crippen molar-refractivity contribution in [2.24, 2.45) is 0 Å². The average molecular weight is 346 g/mol. The van der Waals surface area contributed by atoms with E-state index in [0.717, 1.165) is 4.90 Å². The number of urea groups is 1. The van der Waals surface area contributed by atoms with Crippen molar-refractivity contribution in [1.82, 2.24) is 10.2 Å².